The van der Waals surface area contributed by atoms with Crippen LogP contribution < -0.4 is 10.1 Å². The van der Waals surface area contributed by atoms with E-state index in [1.54, 1.807) is 12.3 Å². The number of nitrogens with one attached hydrogen (secondary N) is 1. The van der Waals surface area contributed by atoms with Gasteiger partial charge in [0.2, 0.25) is 5.88 Å². The van der Waals surface area contributed by atoms with Gasteiger partial charge in [-0.15, -0.1) is 0 Å². The normalized spacial score (nSPS) is 11.5. The Balaban J connectivity index is 2.22. The third kappa shape index (κ3) is 4.41. The minimum Gasteiger partial charge on any atom is -0.436 e. The van der Waals surface area contributed by atoms with Crippen LogP contribution in [0.25, 0.3) is 0 Å². The second kappa shape index (κ2) is 6.41. The van der Waals surface area contributed by atoms with Gasteiger partial charge < -0.3 is 10.1 Å². The molecule has 5 heteroatoms. The lowest BCUT2D eigenvalue weighted by molar-refractivity contribution is 0.399. The molecule has 1 heterocycles. The fourth-order valence-electron chi connectivity index (χ4n) is 1.68. The van der Waals surface area contributed by atoms with E-state index in [9.17, 15) is 4.39 Å². The van der Waals surface area contributed by atoms with E-state index in [0.29, 0.717) is 12.4 Å². The van der Waals surface area contributed by atoms with E-state index < -0.39 is 5.82 Å². The van der Waals surface area contributed by atoms with E-state index >= 15 is 0 Å². The van der Waals surface area contributed by atoms with Crippen molar-refractivity contribution in [3.8, 4) is 11.6 Å². The lowest BCUT2D eigenvalue weighted by Gasteiger charge is -2.21. The molecular formula is C16H18ClFN2O. The highest BCUT2D eigenvalue weighted by Gasteiger charge is 2.14. The van der Waals surface area contributed by atoms with Crippen molar-refractivity contribution in [2.24, 2.45) is 0 Å². The van der Waals surface area contributed by atoms with Crippen molar-refractivity contribution in [3.63, 3.8) is 0 Å². The summed E-state index contributed by atoms with van der Waals surface area (Å²) < 4.78 is 19.5. The van der Waals surface area contributed by atoms with Gasteiger partial charge >= 0.3 is 0 Å². The number of aromatic nitrogens is 1. The molecular weight excluding hydrogens is 291 g/mol. The average molecular weight is 309 g/mol. The number of rotatable bonds is 4. The van der Waals surface area contributed by atoms with E-state index in [1.807, 2.05) is 12.1 Å². The van der Waals surface area contributed by atoms with Crippen LogP contribution in [-0.2, 0) is 6.54 Å². The quantitative estimate of drug-likeness (QED) is 0.899. The summed E-state index contributed by atoms with van der Waals surface area (Å²) in [7, 11) is 0. The van der Waals surface area contributed by atoms with Crippen molar-refractivity contribution in [1.82, 2.24) is 10.3 Å². The van der Waals surface area contributed by atoms with Crippen LogP contribution in [0.3, 0.4) is 0 Å². The molecule has 2 rings (SSSR count). The molecule has 1 N–H and O–H groups in total. The van der Waals surface area contributed by atoms with Crippen LogP contribution in [-0.4, -0.2) is 10.5 Å². The highest BCUT2D eigenvalue weighted by molar-refractivity contribution is 6.30. The van der Waals surface area contributed by atoms with Gasteiger partial charge in [-0.1, -0.05) is 23.7 Å². The number of pyridine rings is 1. The Morgan fingerprint density at radius 3 is 2.71 bits per heavy atom. The molecule has 21 heavy (non-hydrogen) atoms. The van der Waals surface area contributed by atoms with Gasteiger partial charge in [0.25, 0.3) is 0 Å². The highest BCUT2D eigenvalue weighted by atomic mass is 35.5. The van der Waals surface area contributed by atoms with Crippen molar-refractivity contribution >= 4 is 11.6 Å². The maximum Gasteiger partial charge on any atom is 0.223 e. The van der Waals surface area contributed by atoms with Crippen molar-refractivity contribution in [3.05, 3.63) is 52.9 Å². The fraction of sp³-hybridized carbons (Fsp3) is 0.312. The Labute approximate surface area is 129 Å². The third-order valence-corrected chi connectivity index (χ3v) is 3.07. The van der Waals surface area contributed by atoms with Gasteiger partial charge in [0, 0.05) is 23.8 Å². The van der Waals surface area contributed by atoms with E-state index in [-0.39, 0.29) is 16.3 Å². The summed E-state index contributed by atoms with van der Waals surface area (Å²) >= 11 is 5.75. The van der Waals surface area contributed by atoms with Gasteiger partial charge in [-0.2, -0.15) is 0 Å². The maximum absolute atomic E-state index is 13.9. The molecule has 0 spiro atoms. The Morgan fingerprint density at radius 1 is 1.24 bits per heavy atom. The molecule has 0 amide bonds. The molecule has 0 bridgehead atoms. The fourth-order valence-corrected chi connectivity index (χ4v) is 1.84. The van der Waals surface area contributed by atoms with E-state index in [2.05, 4.69) is 31.1 Å². The van der Waals surface area contributed by atoms with Crippen LogP contribution in [0.15, 0.2) is 36.5 Å². The molecule has 0 aliphatic carbocycles. The molecule has 0 radical (unpaired) electrons. The summed E-state index contributed by atoms with van der Waals surface area (Å²) in [5.74, 6) is -0.145. The summed E-state index contributed by atoms with van der Waals surface area (Å²) in [6.07, 6.45) is 1.61. The first kappa shape index (κ1) is 15.7. The number of hydrogen-bond donors (Lipinski definition) is 1. The summed E-state index contributed by atoms with van der Waals surface area (Å²) in [5, 5.41) is 3.38. The SMILES string of the molecule is CC(C)(C)NCc1cccnc1Oc1cccc(Cl)c1F. The Hall–Kier alpha value is -1.65. The van der Waals surface area contributed by atoms with Gasteiger partial charge in [0.1, 0.15) is 0 Å². The summed E-state index contributed by atoms with van der Waals surface area (Å²) in [6, 6.07) is 8.35. The Bertz CT molecular complexity index is 626. The highest BCUT2D eigenvalue weighted by Crippen LogP contribution is 2.29. The maximum atomic E-state index is 13.9. The smallest absolute Gasteiger partial charge is 0.223 e. The van der Waals surface area contributed by atoms with Gasteiger partial charge in [0.05, 0.1) is 5.02 Å². The Morgan fingerprint density at radius 2 is 2.00 bits per heavy atom. The van der Waals surface area contributed by atoms with E-state index in [1.165, 1.54) is 12.1 Å². The molecule has 0 fully saturated rings. The van der Waals surface area contributed by atoms with Crippen LogP contribution in [0.5, 0.6) is 11.6 Å². The number of nitrogens with zero attached hydrogens (tertiary/aromatic N) is 1. The third-order valence-electron chi connectivity index (χ3n) is 2.78. The topological polar surface area (TPSA) is 34.2 Å². The van der Waals surface area contributed by atoms with E-state index in [0.717, 1.165) is 5.56 Å². The predicted octanol–water partition coefficient (Wildman–Crippen LogP) is 4.55. The van der Waals surface area contributed by atoms with Crippen molar-refractivity contribution < 1.29 is 9.13 Å². The number of benzene rings is 1. The molecule has 0 atom stereocenters. The molecule has 0 aliphatic heterocycles. The van der Waals surface area contributed by atoms with Crippen molar-refractivity contribution in [2.45, 2.75) is 32.9 Å². The molecule has 2 aromatic rings. The lowest BCUT2D eigenvalue weighted by atomic mass is 10.1. The zero-order chi connectivity index (χ0) is 15.5. The molecule has 0 aliphatic rings. The molecule has 0 saturated carbocycles. The molecule has 0 unspecified atom stereocenters. The summed E-state index contributed by atoms with van der Waals surface area (Å²) in [5.41, 5.74) is 0.820. The van der Waals surface area contributed by atoms with Crippen LogP contribution in [0.2, 0.25) is 5.02 Å². The molecule has 0 saturated heterocycles. The second-order valence-corrected chi connectivity index (χ2v) is 6.13. The van der Waals surface area contributed by atoms with Crippen molar-refractivity contribution in [1.29, 1.82) is 0 Å². The minimum atomic E-state index is -0.584. The largest absolute Gasteiger partial charge is 0.436 e. The van der Waals surface area contributed by atoms with Crippen LogP contribution in [0, 0.1) is 5.82 Å². The molecule has 1 aromatic carbocycles. The molecule has 3 nitrogen and oxygen atoms in total. The summed E-state index contributed by atoms with van der Waals surface area (Å²) in [6.45, 7) is 6.79. The van der Waals surface area contributed by atoms with Gasteiger partial charge in [-0.25, -0.2) is 9.37 Å². The number of halogens is 2. The van der Waals surface area contributed by atoms with Crippen LogP contribution >= 0.6 is 11.6 Å². The standard InChI is InChI=1S/C16H18ClFN2O/c1-16(2,3)20-10-11-6-5-9-19-15(11)21-13-8-4-7-12(17)14(13)18/h4-9,20H,10H2,1-3H3. The van der Waals surface area contributed by atoms with E-state index in [4.69, 9.17) is 16.3 Å². The predicted molar refractivity (Wildman–Crippen MR) is 82.3 cm³/mol. The zero-order valence-electron chi connectivity index (χ0n) is 12.3. The van der Waals surface area contributed by atoms with Crippen molar-refractivity contribution in [2.75, 3.05) is 0 Å². The van der Waals surface area contributed by atoms with Crippen LogP contribution in [0.4, 0.5) is 4.39 Å². The zero-order valence-corrected chi connectivity index (χ0v) is 13.0. The average Bonchev–Trinajstić information content (AvgIpc) is 2.42. The van der Waals surface area contributed by atoms with Gasteiger partial charge in [-0.3, -0.25) is 0 Å². The first-order chi connectivity index (χ1) is 9.87. The number of hydrogen-bond acceptors (Lipinski definition) is 3. The van der Waals surface area contributed by atoms with Crippen LogP contribution in [0.1, 0.15) is 26.3 Å². The molecule has 1 aromatic heterocycles. The van der Waals surface area contributed by atoms with Gasteiger partial charge in [-0.05, 0) is 39.0 Å². The minimum absolute atomic E-state index is 0.0257. The van der Waals surface area contributed by atoms with Gasteiger partial charge in [0.15, 0.2) is 11.6 Å². The number of ether oxygens (including phenoxy) is 1. The monoisotopic (exact) mass is 308 g/mol. The first-order valence-corrected chi connectivity index (χ1v) is 7.05. The molecule has 112 valence electrons. The Kier molecular flexibility index (Phi) is 4.80. The first-order valence-electron chi connectivity index (χ1n) is 6.67. The lowest BCUT2D eigenvalue weighted by Crippen LogP contribution is -2.35. The summed E-state index contributed by atoms with van der Waals surface area (Å²) in [4.78, 5) is 4.17. The second-order valence-electron chi connectivity index (χ2n) is 5.73.